The lowest BCUT2D eigenvalue weighted by molar-refractivity contribution is -0.142. The Morgan fingerprint density at radius 2 is 1.83 bits per heavy atom. The van der Waals surface area contributed by atoms with E-state index in [1.165, 1.54) is 4.90 Å². The number of carbonyl (C=O) groups is 2. The number of hydrogen-bond acceptors (Lipinski definition) is 3. The van der Waals surface area contributed by atoms with E-state index in [4.69, 9.17) is 16.3 Å². The molecule has 0 radical (unpaired) electrons. The van der Waals surface area contributed by atoms with Crippen molar-refractivity contribution in [1.29, 1.82) is 0 Å². The highest BCUT2D eigenvalue weighted by atomic mass is 79.9. The third-order valence-electron chi connectivity index (χ3n) is 4.11. The van der Waals surface area contributed by atoms with Crippen LogP contribution in [-0.2, 0) is 16.1 Å². The second-order valence-electron chi connectivity index (χ2n) is 7.79. The van der Waals surface area contributed by atoms with Crippen LogP contribution in [0, 0.1) is 0 Å². The predicted octanol–water partition coefficient (Wildman–Crippen LogP) is 4.81. The minimum Gasteiger partial charge on any atom is -0.482 e. The highest BCUT2D eigenvalue weighted by Gasteiger charge is 2.28. The molecule has 0 spiro atoms. The smallest absolute Gasteiger partial charge is 0.261 e. The summed E-state index contributed by atoms with van der Waals surface area (Å²) in [6.07, 6.45) is 0. The lowest BCUT2D eigenvalue weighted by Crippen LogP contribution is -2.53. The number of amides is 2. The van der Waals surface area contributed by atoms with Gasteiger partial charge in [0.05, 0.1) is 5.02 Å². The molecule has 5 nitrogen and oxygen atoms in total. The molecule has 0 heterocycles. The minimum absolute atomic E-state index is 0.219. The molecular weight excluding hydrogens is 456 g/mol. The fourth-order valence-electron chi connectivity index (χ4n) is 2.65. The van der Waals surface area contributed by atoms with Gasteiger partial charge < -0.3 is 15.0 Å². The van der Waals surface area contributed by atoms with Gasteiger partial charge in [-0.25, -0.2) is 0 Å². The molecule has 2 aromatic rings. The molecule has 29 heavy (non-hydrogen) atoms. The molecule has 0 aliphatic carbocycles. The van der Waals surface area contributed by atoms with E-state index in [2.05, 4.69) is 21.2 Å². The van der Waals surface area contributed by atoms with Crippen LogP contribution in [0.2, 0.25) is 5.02 Å². The quantitative estimate of drug-likeness (QED) is 0.617. The molecule has 2 rings (SSSR count). The Hall–Kier alpha value is -2.05. The van der Waals surface area contributed by atoms with E-state index in [0.717, 1.165) is 10.0 Å². The number of carbonyl (C=O) groups excluding carboxylic acids is 2. The Kier molecular flexibility index (Phi) is 8.11. The van der Waals surface area contributed by atoms with E-state index in [9.17, 15) is 9.59 Å². The Bertz CT molecular complexity index is 853. The zero-order valence-corrected chi connectivity index (χ0v) is 19.4. The summed E-state index contributed by atoms with van der Waals surface area (Å²) in [4.78, 5) is 27.2. The fraction of sp³-hybridized carbons (Fsp3) is 0.364. The van der Waals surface area contributed by atoms with E-state index in [0.29, 0.717) is 17.3 Å². The summed E-state index contributed by atoms with van der Waals surface area (Å²) in [5, 5.41) is 3.33. The van der Waals surface area contributed by atoms with Crippen molar-refractivity contribution in [2.45, 2.75) is 45.8 Å². The van der Waals surface area contributed by atoms with Gasteiger partial charge in [0, 0.05) is 16.6 Å². The van der Waals surface area contributed by atoms with Crippen molar-refractivity contribution < 1.29 is 14.3 Å². The zero-order valence-electron chi connectivity index (χ0n) is 17.0. The van der Waals surface area contributed by atoms with Crippen molar-refractivity contribution in [2.75, 3.05) is 6.61 Å². The number of hydrogen-bond donors (Lipinski definition) is 1. The summed E-state index contributed by atoms with van der Waals surface area (Å²) in [7, 11) is 0. The van der Waals surface area contributed by atoms with Crippen molar-refractivity contribution in [1.82, 2.24) is 10.2 Å². The third-order valence-corrected chi connectivity index (χ3v) is 4.89. The Morgan fingerprint density at radius 3 is 2.41 bits per heavy atom. The summed E-state index contributed by atoms with van der Waals surface area (Å²) in [6, 6.07) is 14.1. The van der Waals surface area contributed by atoms with E-state index in [1.54, 1.807) is 25.1 Å². The molecule has 1 atom stereocenters. The average molecular weight is 482 g/mol. The summed E-state index contributed by atoms with van der Waals surface area (Å²) in [6.45, 7) is 7.50. The SMILES string of the molecule is C[C@@H](C(=O)NC(C)(C)C)N(Cc1ccccc1)C(=O)COc1ccc(Br)cc1Cl. The van der Waals surface area contributed by atoms with Gasteiger partial charge in [0.15, 0.2) is 6.61 Å². The Labute approximate surface area is 185 Å². The second kappa shape index (κ2) is 10.1. The molecule has 2 aromatic carbocycles. The molecule has 0 unspecified atom stereocenters. The lowest BCUT2D eigenvalue weighted by Gasteiger charge is -2.31. The molecule has 156 valence electrons. The van der Waals surface area contributed by atoms with Gasteiger partial charge >= 0.3 is 0 Å². The predicted molar refractivity (Wildman–Crippen MR) is 119 cm³/mol. The maximum atomic E-state index is 13.0. The highest BCUT2D eigenvalue weighted by Crippen LogP contribution is 2.27. The molecule has 0 fully saturated rings. The summed E-state index contributed by atoms with van der Waals surface area (Å²) in [5.74, 6) is -0.109. The number of ether oxygens (including phenoxy) is 1. The van der Waals surface area contributed by atoms with Crippen LogP contribution in [0.15, 0.2) is 53.0 Å². The summed E-state index contributed by atoms with van der Waals surface area (Å²) < 4.78 is 6.45. The maximum Gasteiger partial charge on any atom is 0.261 e. The third kappa shape index (κ3) is 7.37. The number of nitrogens with zero attached hydrogens (tertiary/aromatic N) is 1. The van der Waals surface area contributed by atoms with Crippen LogP contribution in [0.5, 0.6) is 5.75 Å². The van der Waals surface area contributed by atoms with Crippen molar-refractivity contribution >= 4 is 39.3 Å². The van der Waals surface area contributed by atoms with E-state index >= 15 is 0 Å². The van der Waals surface area contributed by atoms with Crippen molar-refractivity contribution in [3.05, 3.63) is 63.6 Å². The zero-order chi connectivity index (χ0) is 21.6. The van der Waals surface area contributed by atoms with Crippen LogP contribution in [0.1, 0.15) is 33.3 Å². The molecule has 2 amide bonds. The lowest BCUT2D eigenvalue weighted by atomic mass is 10.1. The number of nitrogens with one attached hydrogen (secondary N) is 1. The number of rotatable bonds is 7. The Balaban J connectivity index is 2.16. The molecule has 0 aromatic heterocycles. The summed E-state index contributed by atoms with van der Waals surface area (Å²) >= 11 is 9.50. The van der Waals surface area contributed by atoms with Crippen LogP contribution in [0.25, 0.3) is 0 Å². The van der Waals surface area contributed by atoms with Gasteiger partial charge in [0.25, 0.3) is 5.91 Å². The van der Waals surface area contributed by atoms with Crippen LogP contribution >= 0.6 is 27.5 Å². The van der Waals surface area contributed by atoms with Gasteiger partial charge in [-0.05, 0) is 51.5 Å². The number of benzene rings is 2. The standard InChI is InChI=1S/C22H26BrClN2O3/c1-15(21(28)25-22(2,3)4)26(13-16-8-6-5-7-9-16)20(27)14-29-19-11-10-17(23)12-18(19)24/h5-12,15H,13-14H2,1-4H3,(H,25,28)/t15-/m0/s1. The average Bonchev–Trinajstić information content (AvgIpc) is 2.64. The van der Waals surface area contributed by atoms with Gasteiger partial charge in [-0.15, -0.1) is 0 Å². The molecule has 0 saturated carbocycles. The number of halogens is 2. The van der Waals surface area contributed by atoms with E-state index < -0.39 is 11.6 Å². The Morgan fingerprint density at radius 1 is 1.17 bits per heavy atom. The first-order valence-electron chi connectivity index (χ1n) is 9.30. The second-order valence-corrected chi connectivity index (χ2v) is 9.11. The van der Waals surface area contributed by atoms with Crippen molar-refractivity contribution in [3.63, 3.8) is 0 Å². The molecule has 0 aliphatic rings. The largest absolute Gasteiger partial charge is 0.482 e. The van der Waals surface area contributed by atoms with Gasteiger partial charge in [-0.1, -0.05) is 57.9 Å². The molecule has 0 bridgehead atoms. The maximum absolute atomic E-state index is 13.0. The minimum atomic E-state index is -0.661. The fourth-order valence-corrected chi connectivity index (χ4v) is 3.38. The van der Waals surface area contributed by atoms with Crippen molar-refractivity contribution in [2.24, 2.45) is 0 Å². The topological polar surface area (TPSA) is 58.6 Å². The normalized spacial score (nSPS) is 12.2. The van der Waals surface area contributed by atoms with E-state index in [1.807, 2.05) is 51.1 Å². The monoisotopic (exact) mass is 480 g/mol. The highest BCUT2D eigenvalue weighted by molar-refractivity contribution is 9.10. The van der Waals surface area contributed by atoms with Gasteiger partial charge in [0.1, 0.15) is 11.8 Å². The molecular formula is C22H26BrClN2O3. The first kappa shape index (κ1) is 23.2. The van der Waals surface area contributed by atoms with Gasteiger partial charge in [-0.2, -0.15) is 0 Å². The van der Waals surface area contributed by atoms with E-state index in [-0.39, 0.29) is 18.4 Å². The van der Waals surface area contributed by atoms with Gasteiger partial charge in [0.2, 0.25) is 5.91 Å². The van der Waals surface area contributed by atoms with Gasteiger partial charge in [-0.3, -0.25) is 9.59 Å². The van der Waals surface area contributed by atoms with Crippen LogP contribution in [-0.4, -0.2) is 34.9 Å². The first-order chi connectivity index (χ1) is 13.6. The van der Waals surface area contributed by atoms with Crippen molar-refractivity contribution in [3.8, 4) is 5.75 Å². The first-order valence-corrected chi connectivity index (χ1v) is 10.5. The molecule has 7 heteroatoms. The molecule has 0 saturated heterocycles. The summed E-state index contributed by atoms with van der Waals surface area (Å²) in [5.41, 5.74) is 0.534. The van der Waals surface area contributed by atoms with Crippen LogP contribution < -0.4 is 10.1 Å². The molecule has 0 aliphatic heterocycles. The van der Waals surface area contributed by atoms with Crippen LogP contribution in [0.3, 0.4) is 0 Å². The molecule has 1 N–H and O–H groups in total. The van der Waals surface area contributed by atoms with Crippen LogP contribution in [0.4, 0.5) is 0 Å².